The van der Waals surface area contributed by atoms with Gasteiger partial charge in [-0.25, -0.2) is 0 Å². The zero-order chi connectivity index (χ0) is 16.7. The number of likely N-dealkylation sites (N-methyl/N-ethyl adjacent to an activating group) is 1. The smallest absolute Gasteiger partial charge is 0.222 e. The minimum atomic E-state index is -0.000877. The van der Waals surface area contributed by atoms with Gasteiger partial charge in [-0.15, -0.1) is 0 Å². The van der Waals surface area contributed by atoms with Gasteiger partial charge in [0.05, 0.1) is 0 Å². The zero-order valence-corrected chi connectivity index (χ0v) is 14.1. The minimum absolute atomic E-state index is 0.000877. The fraction of sp³-hybridized carbons (Fsp3) is 0.556. The third-order valence-electron chi connectivity index (χ3n) is 4.26. The van der Waals surface area contributed by atoms with Crippen LogP contribution in [0, 0.1) is 0 Å². The van der Waals surface area contributed by atoms with Crippen molar-refractivity contribution in [1.29, 1.82) is 0 Å². The van der Waals surface area contributed by atoms with Crippen LogP contribution in [0.15, 0.2) is 30.3 Å². The lowest BCUT2D eigenvalue weighted by Gasteiger charge is -2.30. The minimum Gasteiger partial charge on any atom is -0.352 e. The van der Waals surface area contributed by atoms with E-state index in [-0.39, 0.29) is 17.9 Å². The molecule has 1 aromatic rings. The van der Waals surface area contributed by atoms with Gasteiger partial charge in [-0.1, -0.05) is 30.3 Å². The van der Waals surface area contributed by atoms with E-state index in [0.29, 0.717) is 19.5 Å². The number of amides is 2. The summed E-state index contributed by atoms with van der Waals surface area (Å²) in [7, 11) is 2.08. The van der Waals surface area contributed by atoms with Gasteiger partial charge in [0.1, 0.15) is 0 Å². The predicted octanol–water partition coefficient (Wildman–Crippen LogP) is 1.64. The maximum Gasteiger partial charge on any atom is 0.222 e. The molecule has 1 aliphatic rings. The highest BCUT2D eigenvalue weighted by Crippen LogP contribution is 2.09. The standard InChI is InChI=1S/C18H27N3O2/c1-15(22)21(13-16-7-4-3-5-8-16)12-10-18(23)19-17-9-6-11-20(2)14-17/h3-5,7-8,17H,6,9-14H2,1-2H3,(H,19,23). The molecule has 5 heteroatoms. The lowest BCUT2D eigenvalue weighted by Crippen LogP contribution is -2.46. The second-order valence-electron chi connectivity index (χ2n) is 6.35. The van der Waals surface area contributed by atoms with Gasteiger partial charge in [0.25, 0.3) is 0 Å². The molecule has 1 saturated heterocycles. The molecule has 0 aromatic heterocycles. The first-order valence-corrected chi connectivity index (χ1v) is 8.32. The summed E-state index contributed by atoms with van der Waals surface area (Å²) >= 11 is 0. The third-order valence-corrected chi connectivity index (χ3v) is 4.26. The SMILES string of the molecule is CC(=O)N(CCC(=O)NC1CCCN(C)C1)Cc1ccccc1. The number of carbonyl (C=O) groups excluding carboxylic acids is 2. The fourth-order valence-electron chi connectivity index (χ4n) is 2.97. The van der Waals surface area contributed by atoms with Crippen LogP contribution in [0.3, 0.4) is 0 Å². The molecular formula is C18H27N3O2. The fourth-order valence-corrected chi connectivity index (χ4v) is 2.97. The topological polar surface area (TPSA) is 52.7 Å². The highest BCUT2D eigenvalue weighted by atomic mass is 16.2. The van der Waals surface area contributed by atoms with E-state index in [1.54, 1.807) is 11.8 Å². The lowest BCUT2D eigenvalue weighted by molar-refractivity contribution is -0.130. The Balaban J connectivity index is 1.79. The van der Waals surface area contributed by atoms with Crippen molar-refractivity contribution >= 4 is 11.8 Å². The van der Waals surface area contributed by atoms with E-state index in [4.69, 9.17) is 0 Å². The van der Waals surface area contributed by atoms with Crippen molar-refractivity contribution in [1.82, 2.24) is 15.1 Å². The summed E-state index contributed by atoms with van der Waals surface area (Å²) in [5.41, 5.74) is 1.08. The van der Waals surface area contributed by atoms with Crippen LogP contribution in [0.25, 0.3) is 0 Å². The maximum absolute atomic E-state index is 12.1. The normalized spacial score (nSPS) is 18.4. The molecule has 1 fully saturated rings. The predicted molar refractivity (Wildman–Crippen MR) is 90.8 cm³/mol. The molecule has 1 atom stereocenters. The number of piperidine rings is 1. The summed E-state index contributed by atoms with van der Waals surface area (Å²) in [5, 5.41) is 3.09. The van der Waals surface area contributed by atoms with Crippen LogP contribution in [0.2, 0.25) is 0 Å². The van der Waals surface area contributed by atoms with Gasteiger partial charge in [-0.3, -0.25) is 9.59 Å². The number of nitrogens with one attached hydrogen (secondary N) is 1. The average molecular weight is 317 g/mol. The Morgan fingerprint density at radius 1 is 1.30 bits per heavy atom. The zero-order valence-electron chi connectivity index (χ0n) is 14.1. The molecule has 0 bridgehead atoms. The van der Waals surface area contributed by atoms with E-state index in [0.717, 1.165) is 31.5 Å². The van der Waals surface area contributed by atoms with Crippen LogP contribution >= 0.6 is 0 Å². The number of nitrogens with zero attached hydrogens (tertiary/aromatic N) is 2. The molecule has 0 radical (unpaired) electrons. The molecule has 23 heavy (non-hydrogen) atoms. The summed E-state index contributed by atoms with van der Waals surface area (Å²) in [6.07, 6.45) is 2.51. The molecule has 1 aromatic carbocycles. The first kappa shape index (κ1) is 17.5. The Kier molecular flexibility index (Phi) is 6.59. The first-order chi connectivity index (χ1) is 11.0. The summed E-state index contributed by atoms with van der Waals surface area (Å²) < 4.78 is 0. The van der Waals surface area contributed by atoms with Crippen molar-refractivity contribution in [3.05, 3.63) is 35.9 Å². The monoisotopic (exact) mass is 317 g/mol. The second-order valence-corrected chi connectivity index (χ2v) is 6.35. The van der Waals surface area contributed by atoms with Crippen LogP contribution < -0.4 is 5.32 Å². The van der Waals surface area contributed by atoms with Crippen molar-refractivity contribution in [2.24, 2.45) is 0 Å². The Morgan fingerprint density at radius 3 is 2.70 bits per heavy atom. The average Bonchev–Trinajstić information content (AvgIpc) is 2.52. The van der Waals surface area contributed by atoms with Gasteiger partial charge >= 0.3 is 0 Å². The largest absolute Gasteiger partial charge is 0.352 e. The number of rotatable bonds is 6. The van der Waals surface area contributed by atoms with Crippen molar-refractivity contribution in [3.63, 3.8) is 0 Å². The van der Waals surface area contributed by atoms with Gasteiger partial charge in [-0.2, -0.15) is 0 Å². The number of benzene rings is 1. The van der Waals surface area contributed by atoms with E-state index < -0.39 is 0 Å². The summed E-state index contributed by atoms with van der Waals surface area (Å²) in [6, 6.07) is 10.1. The van der Waals surface area contributed by atoms with Crippen LogP contribution in [0.1, 0.15) is 31.7 Å². The van der Waals surface area contributed by atoms with E-state index in [1.807, 2.05) is 30.3 Å². The lowest BCUT2D eigenvalue weighted by atomic mass is 10.1. The van der Waals surface area contributed by atoms with E-state index in [9.17, 15) is 9.59 Å². The highest BCUT2D eigenvalue weighted by molar-refractivity contribution is 5.78. The molecule has 0 saturated carbocycles. The maximum atomic E-state index is 12.1. The van der Waals surface area contributed by atoms with Crippen LogP contribution in [0.5, 0.6) is 0 Å². The summed E-state index contributed by atoms with van der Waals surface area (Å²) in [5.74, 6) is 0.0312. The van der Waals surface area contributed by atoms with Crippen LogP contribution in [-0.4, -0.2) is 54.3 Å². The molecule has 2 rings (SSSR count). The molecule has 1 aliphatic heterocycles. The number of hydrogen-bond donors (Lipinski definition) is 1. The van der Waals surface area contributed by atoms with Gasteiger partial charge < -0.3 is 15.1 Å². The van der Waals surface area contributed by atoms with Crippen molar-refractivity contribution in [3.8, 4) is 0 Å². The van der Waals surface area contributed by atoms with Crippen LogP contribution in [-0.2, 0) is 16.1 Å². The first-order valence-electron chi connectivity index (χ1n) is 8.32. The Morgan fingerprint density at radius 2 is 2.04 bits per heavy atom. The Hall–Kier alpha value is -1.88. The third kappa shape index (κ3) is 6.02. The molecule has 0 aliphatic carbocycles. The number of likely N-dealkylation sites (tertiary alicyclic amines) is 1. The van der Waals surface area contributed by atoms with Crippen molar-refractivity contribution in [2.45, 2.75) is 38.8 Å². The second kappa shape index (κ2) is 8.67. The quantitative estimate of drug-likeness (QED) is 0.868. The molecule has 0 spiro atoms. The summed E-state index contributed by atoms with van der Waals surface area (Å²) in [6.45, 7) is 4.57. The van der Waals surface area contributed by atoms with Gasteiger partial charge in [0.2, 0.25) is 11.8 Å². The molecule has 1 unspecified atom stereocenters. The van der Waals surface area contributed by atoms with Gasteiger partial charge in [0, 0.05) is 39.0 Å². The van der Waals surface area contributed by atoms with Gasteiger partial charge in [-0.05, 0) is 32.0 Å². The summed E-state index contributed by atoms with van der Waals surface area (Å²) in [4.78, 5) is 27.9. The van der Waals surface area contributed by atoms with E-state index in [1.165, 1.54) is 0 Å². The molecule has 2 amide bonds. The number of hydrogen-bond acceptors (Lipinski definition) is 3. The Bertz CT molecular complexity index is 518. The van der Waals surface area contributed by atoms with E-state index >= 15 is 0 Å². The molecule has 1 heterocycles. The van der Waals surface area contributed by atoms with Crippen LogP contribution in [0.4, 0.5) is 0 Å². The highest BCUT2D eigenvalue weighted by Gasteiger charge is 2.19. The molecule has 1 N–H and O–H groups in total. The van der Waals surface area contributed by atoms with Gasteiger partial charge in [0.15, 0.2) is 0 Å². The Labute approximate surface area is 138 Å². The molecule has 126 valence electrons. The van der Waals surface area contributed by atoms with Crippen molar-refractivity contribution in [2.75, 3.05) is 26.7 Å². The van der Waals surface area contributed by atoms with E-state index in [2.05, 4.69) is 17.3 Å². The van der Waals surface area contributed by atoms with Crippen molar-refractivity contribution < 1.29 is 9.59 Å². The molecular weight excluding hydrogens is 290 g/mol. The molecule has 5 nitrogen and oxygen atoms in total. The number of carbonyl (C=O) groups is 2.